The van der Waals surface area contributed by atoms with E-state index in [0.717, 1.165) is 25.3 Å². The molecule has 1 atom stereocenters. The van der Waals surface area contributed by atoms with Gasteiger partial charge in [0.2, 0.25) is 0 Å². The van der Waals surface area contributed by atoms with Crippen molar-refractivity contribution in [3.63, 3.8) is 0 Å². The molecular formula is C18H23FN2O2. The number of aliphatic hydroxyl groups is 1. The Bertz CT molecular complexity index is 602. The first kappa shape index (κ1) is 17.4. The number of amides is 1. The van der Waals surface area contributed by atoms with Crippen molar-refractivity contribution in [1.29, 1.82) is 5.26 Å². The summed E-state index contributed by atoms with van der Waals surface area (Å²) < 4.78 is 13.5. The Morgan fingerprint density at radius 1 is 1.39 bits per heavy atom. The fourth-order valence-corrected chi connectivity index (χ4v) is 3.12. The molecule has 1 aromatic rings. The van der Waals surface area contributed by atoms with E-state index in [1.807, 2.05) is 6.07 Å². The topological polar surface area (TPSA) is 64.3 Å². The maximum Gasteiger partial charge on any atom is 0.254 e. The molecule has 0 aromatic heterocycles. The summed E-state index contributed by atoms with van der Waals surface area (Å²) in [6, 6.07) is 5.57. The van der Waals surface area contributed by atoms with Gasteiger partial charge in [0.25, 0.3) is 5.91 Å². The number of carbonyl (C=O) groups is 1. The van der Waals surface area contributed by atoms with Crippen molar-refractivity contribution < 1.29 is 14.3 Å². The number of benzene rings is 1. The first-order chi connectivity index (χ1) is 10.9. The van der Waals surface area contributed by atoms with Gasteiger partial charge < -0.3 is 10.0 Å². The van der Waals surface area contributed by atoms with E-state index in [4.69, 9.17) is 5.26 Å². The standard InChI is InChI=1S/C18H23FN2O2/c1-12(2)7-17(22)14-3-5-21(6-4-14)18(23)15-8-13(11-20)9-16(19)10-15/h8-10,12,14,17,22H,3-7H2,1-2H3. The summed E-state index contributed by atoms with van der Waals surface area (Å²) in [5, 5.41) is 19.1. The van der Waals surface area contributed by atoms with Crippen LogP contribution >= 0.6 is 0 Å². The Kier molecular flexibility index (Phi) is 5.73. The Labute approximate surface area is 136 Å². The molecule has 23 heavy (non-hydrogen) atoms. The molecule has 4 nitrogen and oxygen atoms in total. The van der Waals surface area contributed by atoms with Gasteiger partial charge in [-0.25, -0.2) is 4.39 Å². The molecule has 5 heteroatoms. The van der Waals surface area contributed by atoms with E-state index in [1.54, 1.807) is 4.90 Å². The molecule has 0 saturated carbocycles. The minimum absolute atomic E-state index is 0.149. The number of nitriles is 1. The molecule has 1 aliphatic heterocycles. The lowest BCUT2D eigenvalue weighted by Crippen LogP contribution is -2.41. The lowest BCUT2D eigenvalue weighted by molar-refractivity contribution is 0.0385. The molecule has 0 aliphatic carbocycles. The van der Waals surface area contributed by atoms with Crippen LogP contribution in [-0.4, -0.2) is 35.1 Å². The van der Waals surface area contributed by atoms with Gasteiger partial charge in [-0.1, -0.05) is 13.8 Å². The lowest BCUT2D eigenvalue weighted by Gasteiger charge is -2.34. The highest BCUT2D eigenvalue weighted by Crippen LogP contribution is 2.25. The average molecular weight is 318 g/mol. The second-order valence-electron chi connectivity index (χ2n) is 6.67. The SMILES string of the molecule is CC(C)CC(O)C1CCN(C(=O)c2cc(F)cc(C#N)c2)CC1. The van der Waals surface area contributed by atoms with Crippen molar-refractivity contribution >= 4 is 5.91 Å². The quantitative estimate of drug-likeness (QED) is 0.928. The molecule has 0 bridgehead atoms. The Balaban J connectivity index is 1.99. The molecule has 124 valence electrons. The molecule has 1 saturated heterocycles. The summed E-state index contributed by atoms with van der Waals surface area (Å²) >= 11 is 0. The van der Waals surface area contributed by atoms with Gasteiger partial charge in [0.05, 0.1) is 17.7 Å². The number of halogens is 1. The van der Waals surface area contributed by atoms with Crippen molar-refractivity contribution in [1.82, 2.24) is 4.90 Å². The van der Waals surface area contributed by atoms with E-state index in [1.165, 1.54) is 12.1 Å². The first-order valence-electron chi connectivity index (χ1n) is 8.08. The van der Waals surface area contributed by atoms with Gasteiger partial charge in [0, 0.05) is 18.7 Å². The second-order valence-corrected chi connectivity index (χ2v) is 6.67. The van der Waals surface area contributed by atoms with E-state index in [9.17, 15) is 14.3 Å². The fourth-order valence-electron chi connectivity index (χ4n) is 3.12. The number of carbonyl (C=O) groups excluding carboxylic acids is 1. The maximum absolute atomic E-state index is 13.5. The van der Waals surface area contributed by atoms with Crippen molar-refractivity contribution in [2.75, 3.05) is 13.1 Å². The number of likely N-dealkylation sites (tertiary alicyclic amines) is 1. The number of piperidine rings is 1. The van der Waals surface area contributed by atoms with Gasteiger partial charge in [-0.15, -0.1) is 0 Å². The van der Waals surface area contributed by atoms with Crippen LogP contribution in [0, 0.1) is 29.0 Å². The lowest BCUT2D eigenvalue weighted by atomic mass is 9.87. The molecule has 0 spiro atoms. The molecule has 1 amide bonds. The highest BCUT2D eigenvalue weighted by Gasteiger charge is 2.28. The summed E-state index contributed by atoms with van der Waals surface area (Å²) in [4.78, 5) is 14.1. The van der Waals surface area contributed by atoms with Crippen LogP contribution in [0.4, 0.5) is 4.39 Å². The normalized spacial score (nSPS) is 17.1. The van der Waals surface area contributed by atoms with E-state index in [-0.39, 0.29) is 29.1 Å². The molecule has 1 fully saturated rings. The van der Waals surface area contributed by atoms with Crippen LogP contribution in [0.1, 0.15) is 49.0 Å². The van der Waals surface area contributed by atoms with Gasteiger partial charge in [-0.2, -0.15) is 5.26 Å². The number of rotatable bonds is 4. The predicted octanol–water partition coefficient (Wildman–Crippen LogP) is 2.96. The molecule has 1 N–H and O–H groups in total. The van der Waals surface area contributed by atoms with Gasteiger partial charge in [0.15, 0.2) is 0 Å². The van der Waals surface area contributed by atoms with Gasteiger partial charge >= 0.3 is 0 Å². The summed E-state index contributed by atoms with van der Waals surface area (Å²) in [6.07, 6.45) is 1.94. The largest absolute Gasteiger partial charge is 0.393 e. The van der Waals surface area contributed by atoms with Crippen LogP contribution in [0.15, 0.2) is 18.2 Å². The van der Waals surface area contributed by atoms with Crippen molar-refractivity contribution in [3.05, 3.63) is 35.1 Å². The molecule has 2 rings (SSSR count). The number of nitrogens with zero attached hydrogens (tertiary/aromatic N) is 2. The molecule has 1 unspecified atom stereocenters. The van der Waals surface area contributed by atoms with E-state index < -0.39 is 5.82 Å². The Morgan fingerprint density at radius 2 is 2.04 bits per heavy atom. The average Bonchev–Trinajstić information content (AvgIpc) is 2.53. The van der Waals surface area contributed by atoms with E-state index >= 15 is 0 Å². The third-order valence-electron chi connectivity index (χ3n) is 4.36. The van der Waals surface area contributed by atoms with Crippen LogP contribution in [0.25, 0.3) is 0 Å². The maximum atomic E-state index is 13.5. The van der Waals surface area contributed by atoms with Crippen LogP contribution in [0.5, 0.6) is 0 Å². The summed E-state index contributed by atoms with van der Waals surface area (Å²) in [7, 11) is 0. The van der Waals surface area contributed by atoms with Crippen LogP contribution in [0.2, 0.25) is 0 Å². The van der Waals surface area contributed by atoms with E-state index in [0.29, 0.717) is 19.0 Å². The van der Waals surface area contributed by atoms with Crippen LogP contribution in [0.3, 0.4) is 0 Å². The molecule has 1 aliphatic rings. The minimum Gasteiger partial charge on any atom is -0.393 e. The zero-order valence-electron chi connectivity index (χ0n) is 13.6. The van der Waals surface area contributed by atoms with E-state index in [2.05, 4.69) is 13.8 Å². The highest BCUT2D eigenvalue weighted by molar-refractivity contribution is 5.94. The molecule has 1 aromatic carbocycles. The summed E-state index contributed by atoms with van der Waals surface area (Å²) in [5.41, 5.74) is 0.360. The monoisotopic (exact) mass is 318 g/mol. The first-order valence-corrected chi connectivity index (χ1v) is 8.08. The van der Waals surface area contributed by atoms with Gasteiger partial charge in [-0.05, 0) is 49.3 Å². The molecular weight excluding hydrogens is 295 g/mol. The highest BCUT2D eigenvalue weighted by atomic mass is 19.1. The van der Waals surface area contributed by atoms with Gasteiger partial charge in [0.1, 0.15) is 5.82 Å². The third-order valence-corrected chi connectivity index (χ3v) is 4.36. The minimum atomic E-state index is -0.574. The van der Waals surface area contributed by atoms with Crippen molar-refractivity contribution in [2.45, 2.75) is 39.2 Å². The smallest absolute Gasteiger partial charge is 0.254 e. The molecule has 1 heterocycles. The molecule has 0 radical (unpaired) electrons. The van der Waals surface area contributed by atoms with Crippen molar-refractivity contribution in [3.8, 4) is 6.07 Å². The fraction of sp³-hybridized carbons (Fsp3) is 0.556. The Hall–Kier alpha value is -1.93. The van der Waals surface area contributed by atoms with Crippen molar-refractivity contribution in [2.24, 2.45) is 11.8 Å². The summed E-state index contributed by atoms with van der Waals surface area (Å²) in [5.74, 6) is -0.169. The summed E-state index contributed by atoms with van der Waals surface area (Å²) in [6.45, 7) is 5.27. The van der Waals surface area contributed by atoms with Crippen LogP contribution in [-0.2, 0) is 0 Å². The zero-order chi connectivity index (χ0) is 17.0. The Morgan fingerprint density at radius 3 is 2.61 bits per heavy atom. The predicted molar refractivity (Wildman–Crippen MR) is 85.2 cm³/mol. The third kappa shape index (κ3) is 4.52. The number of hydrogen-bond acceptors (Lipinski definition) is 3. The zero-order valence-corrected chi connectivity index (χ0v) is 13.6. The van der Waals surface area contributed by atoms with Gasteiger partial charge in [-0.3, -0.25) is 4.79 Å². The number of aliphatic hydroxyl groups excluding tert-OH is 1. The number of hydrogen-bond donors (Lipinski definition) is 1. The second kappa shape index (κ2) is 7.56. The van der Waals surface area contributed by atoms with Crippen LogP contribution < -0.4 is 0 Å².